The highest BCUT2D eigenvalue weighted by atomic mass is 35.5. The molecule has 5 rings (SSSR count). The Kier molecular flexibility index (Phi) is 8.68. The van der Waals surface area contributed by atoms with E-state index < -0.39 is 5.97 Å². The summed E-state index contributed by atoms with van der Waals surface area (Å²) in [7, 11) is 0. The maximum absolute atomic E-state index is 11.8. The van der Waals surface area contributed by atoms with Crippen molar-refractivity contribution in [2.24, 2.45) is 5.92 Å². The summed E-state index contributed by atoms with van der Waals surface area (Å²) in [5, 5.41) is 16.0. The second kappa shape index (κ2) is 11.9. The maximum Gasteiger partial charge on any atom is 0.335 e. The van der Waals surface area contributed by atoms with Gasteiger partial charge in [0.05, 0.1) is 5.56 Å². The van der Waals surface area contributed by atoms with Gasteiger partial charge in [0, 0.05) is 12.0 Å². The average molecular weight is 514 g/mol. The zero-order valence-corrected chi connectivity index (χ0v) is 22.4. The van der Waals surface area contributed by atoms with Gasteiger partial charge in [0.2, 0.25) is 0 Å². The molecule has 0 aliphatic heterocycles. The van der Waals surface area contributed by atoms with Crippen molar-refractivity contribution in [2.45, 2.75) is 51.5 Å². The largest absolute Gasteiger partial charge is 0.478 e. The van der Waals surface area contributed by atoms with Crippen molar-refractivity contribution >= 4 is 29.1 Å². The van der Waals surface area contributed by atoms with Crippen molar-refractivity contribution in [3.05, 3.63) is 118 Å². The van der Waals surface area contributed by atoms with Crippen LogP contribution in [-0.2, 0) is 6.42 Å². The summed E-state index contributed by atoms with van der Waals surface area (Å²) in [5.41, 5.74) is 6.48. The predicted molar refractivity (Wildman–Crippen MR) is 155 cm³/mol. The van der Waals surface area contributed by atoms with Gasteiger partial charge in [-0.05, 0) is 96.6 Å². The summed E-state index contributed by atoms with van der Waals surface area (Å²) >= 11 is 0. The fourth-order valence-corrected chi connectivity index (χ4v) is 5.98. The standard InChI is InChI=1S/C33H35NO2.ClH/c1-22-16-17-27(21-31(22)33(35)36)32-20-24(19-26-11-4-6-14-30(26)32)9-8-18-34-23(2)28-15-7-12-25-10-3-5-13-29(25)28;/h3-7,10-17,21,23-24,32,34H,8-9,18-20H2,1-2H3,(H,35,36);1H/t23-,24-,32?;/m1./s1. The van der Waals surface area contributed by atoms with Crippen LogP contribution in [0.1, 0.15) is 76.3 Å². The van der Waals surface area contributed by atoms with E-state index in [9.17, 15) is 9.90 Å². The Morgan fingerprint density at radius 2 is 1.76 bits per heavy atom. The van der Waals surface area contributed by atoms with Crippen molar-refractivity contribution in [1.82, 2.24) is 5.32 Å². The Bertz CT molecular complexity index is 1380. The van der Waals surface area contributed by atoms with Crippen LogP contribution in [0, 0.1) is 12.8 Å². The SMILES string of the molecule is Cc1ccc(C2C[C@H](CCCN[C@H](C)c3cccc4ccccc34)Cc3ccccc32)cc1C(=O)O.Cl. The zero-order chi connectivity index (χ0) is 25.1. The van der Waals surface area contributed by atoms with Crippen molar-refractivity contribution in [3.8, 4) is 0 Å². The molecule has 0 aromatic heterocycles. The number of hydrogen-bond donors (Lipinski definition) is 2. The van der Waals surface area contributed by atoms with Gasteiger partial charge in [-0.25, -0.2) is 4.79 Å². The molecule has 37 heavy (non-hydrogen) atoms. The number of aromatic carboxylic acids is 1. The van der Waals surface area contributed by atoms with Gasteiger partial charge in [0.1, 0.15) is 0 Å². The second-order valence-corrected chi connectivity index (χ2v) is 10.3. The van der Waals surface area contributed by atoms with Crippen molar-refractivity contribution in [1.29, 1.82) is 0 Å². The van der Waals surface area contributed by atoms with Crippen molar-refractivity contribution in [2.75, 3.05) is 6.54 Å². The van der Waals surface area contributed by atoms with Crippen LogP contribution in [0.25, 0.3) is 10.8 Å². The minimum Gasteiger partial charge on any atom is -0.478 e. The molecule has 0 radical (unpaired) electrons. The highest BCUT2D eigenvalue weighted by Gasteiger charge is 2.28. The molecule has 0 saturated heterocycles. The van der Waals surface area contributed by atoms with E-state index in [0.717, 1.165) is 43.4 Å². The van der Waals surface area contributed by atoms with Crippen LogP contribution < -0.4 is 5.32 Å². The number of nitrogens with one attached hydrogen (secondary N) is 1. The van der Waals surface area contributed by atoms with Gasteiger partial charge < -0.3 is 10.4 Å². The summed E-state index contributed by atoms with van der Waals surface area (Å²) in [6.07, 6.45) is 4.46. The second-order valence-electron chi connectivity index (χ2n) is 10.3. The zero-order valence-electron chi connectivity index (χ0n) is 21.6. The molecule has 0 heterocycles. The molecule has 3 nitrogen and oxygen atoms in total. The van der Waals surface area contributed by atoms with Gasteiger partial charge in [-0.3, -0.25) is 0 Å². The predicted octanol–water partition coefficient (Wildman–Crippen LogP) is 8.09. The number of rotatable bonds is 8. The van der Waals surface area contributed by atoms with Crippen molar-refractivity contribution in [3.63, 3.8) is 0 Å². The first kappa shape index (κ1) is 26.9. The highest BCUT2D eigenvalue weighted by molar-refractivity contribution is 5.89. The molecule has 0 fully saturated rings. The summed E-state index contributed by atoms with van der Waals surface area (Å²) in [5.74, 6) is -0.00302. The number of halogens is 1. The number of benzene rings is 4. The minimum absolute atomic E-state index is 0. The van der Waals surface area contributed by atoms with E-state index in [2.05, 4.69) is 85.0 Å². The van der Waals surface area contributed by atoms with Crippen molar-refractivity contribution < 1.29 is 9.90 Å². The molecule has 0 spiro atoms. The first-order chi connectivity index (χ1) is 17.5. The number of fused-ring (bicyclic) bond motifs is 2. The molecule has 0 saturated carbocycles. The number of carboxylic acids is 1. The van der Waals surface area contributed by atoms with Gasteiger partial charge in [0.15, 0.2) is 0 Å². The average Bonchev–Trinajstić information content (AvgIpc) is 2.90. The topological polar surface area (TPSA) is 49.3 Å². The number of hydrogen-bond acceptors (Lipinski definition) is 2. The van der Waals surface area contributed by atoms with Crippen LogP contribution in [0.15, 0.2) is 84.9 Å². The summed E-state index contributed by atoms with van der Waals surface area (Å²) in [6.45, 7) is 5.12. The van der Waals surface area contributed by atoms with Crippen LogP contribution in [-0.4, -0.2) is 17.6 Å². The fourth-order valence-electron chi connectivity index (χ4n) is 5.98. The lowest BCUT2D eigenvalue weighted by Crippen LogP contribution is -2.23. The van der Waals surface area contributed by atoms with Gasteiger partial charge in [-0.1, -0.05) is 78.9 Å². The lowest BCUT2D eigenvalue weighted by atomic mass is 9.72. The quantitative estimate of drug-likeness (QED) is 0.234. The Morgan fingerprint density at radius 3 is 2.59 bits per heavy atom. The Labute approximate surface area is 226 Å². The lowest BCUT2D eigenvalue weighted by Gasteiger charge is -2.32. The molecule has 1 aliphatic carbocycles. The summed E-state index contributed by atoms with van der Waals surface area (Å²) in [6, 6.07) is 30.2. The van der Waals surface area contributed by atoms with E-state index >= 15 is 0 Å². The normalized spacial score (nSPS) is 17.6. The molecule has 2 N–H and O–H groups in total. The number of carboxylic acid groups (broad SMARTS) is 1. The molecule has 1 aliphatic rings. The molecule has 1 unspecified atom stereocenters. The third-order valence-corrected chi connectivity index (χ3v) is 7.93. The van der Waals surface area contributed by atoms with Crippen LogP contribution >= 0.6 is 12.4 Å². The van der Waals surface area contributed by atoms with Gasteiger partial charge in [-0.2, -0.15) is 0 Å². The third-order valence-electron chi connectivity index (χ3n) is 7.93. The molecule has 4 aromatic carbocycles. The molecule has 4 aromatic rings. The molecule has 4 heteroatoms. The van der Waals surface area contributed by atoms with E-state index in [1.54, 1.807) is 0 Å². The highest BCUT2D eigenvalue weighted by Crippen LogP contribution is 2.41. The number of aryl methyl sites for hydroxylation is 1. The molecule has 0 bridgehead atoms. The number of carbonyl (C=O) groups is 1. The minimum atomic E-state index is -0.846. The van der Waals surface area contributed by atoms with Gasteiger partial charge in [-0.15, -0.1) is 12.4 Å². The maximum atomic E-state index is 11.8. The molecular formula is C33H36ClNO2. The Morgan fingerprint density at radius 1 is 1.00 bits per heavy atom. The third kappa shape index (κ3) is 5.89. The van der Waals surface area contributed by atoms with Gasteiger partial charge >= 0.3 is 5.97 Å². The van der Waals surface area contributed by atoms with E-state index in [1.807, 2.05) is 19.1 Å². The van der Waals surface area contributed by atoms with E-state index in [0.29, 0.717) is 17.5 Å². The molecule has 3 atom stereocenters. The first-order valence-electron chi connectivity index (χ1n) is 13.1. The molecule has 0 amide bonds. The van der Waals surface area contributed by atoms with E-state index in [4.69, 9.17) is 0 Å². The molecule has 192 valence electrons. The van der Waals surface area contributed by atoms with Crippen LogP contribution in [0.4, 0.5) is 0 Å². The first-order valence-corrected chi connectivity index (χ1v) is 13.1. The summed E-state index contributed by atoms with van der Waals surface area (Å²) < 4.78 is 0. The van der Waals surface area contributed by atoms with E-state index in [-0.39, 0.29) is 18.3 Å². The van der Waals surface area contributed by atoms with Gasteiger partial charge in [0.25, 0.3) is 0 Å². The summed E-state index contributed by atoms with van der Waals surface area (Å²) in [4.78, 5) is 11.8. The Hall–Kier alpha value is -3.14. The van der Waals surface area contributed by atoms with Crippen LogP contribution in [0.3, 0.4) is 0 Å². The fraction of sp³-hybridized carbons (Fsp3) is 0.303. The van der Waals surface area contributed by atoms with Crippen LogP contribution in [0.5, 0.6) is 0 Å². The monoisotopic (exact) mass is 513 g/mol. The smallest absolute Gasteiger partial charge is 0.335 e. The lowest BCUT2D eigenvalue weighted by molar-refractivity contribution is 0.0696. The van der Waals surface area contributed by atoms with Crippen LogP contribution in [0.2, 0.25) is 0 Å². The Balaban J connectivity index is 0.00000320. The van der Waals surface area contributed by atoms with E-state index in [1.165, 1.54) is 27.5 Å². The molecular weight excluding hydrogens is 478 g/mol.